The average Bonchev–Trinajstić information content (AvgIpc) is 2.88. The quantitative estimate of drug-likeness (QED) is 0.275. The van der Waals surface area contributed by atoms with Crippen molar-refractivity contribution in [2.75, 3.05) is 48.9 Å². The van der Waals surface area contributed by atoms with E-state index in [4.69, 9.17) is 15.2 Å². The van der Waals surface area contributed by atoms with E-state index in [1.54, 1.807) is 18.6 Å². The summed E-state index contributed by atoms with van der Waals surface area (Å²) in [5.41, 5.74) is 8.80. The molecule has 1 aliphatic heterocycles. The van der Waals surface area contributed by atoms with Gasteiger partial charge < -0.3 is 25.4 Å². The Labute approximate surface area is 211 Å². The number of nitrogens with one attached hydrogen (secondary N) is 2. The summed E-state index contributed by atoms with van der Waals surface area (Å²) in [5.74, 6) is 0.294. The molecule has 4 N–H and O–H groups in total. The van der Waals surface area contributed by atoms with Crippen LogP contribution in [-0.2, 0) is 4.74 Å². The first-order valence-electron chi connectivity index (χ1n) is 10.8. The van der Waals surface area contributed by atoms with E-state index in [0.717, 1.165) is 24.3 Å². The van der Waals surface area contributed by atoms with Gasteiger partial charge >= 0.3 is 0 Å². The van der Waals surface area contributed by atoms with Crippen LogP contribution in [0.15, 0.2) is 48.9 Å². The van der Waals surface area contributed by atoms with E-state index < -0.39 is 5.91 Å². The van der Waals surface area contributed by atoms with E-state index in [0.29, 0.717) is 37.0 Å². The van der Waals surface area contributed by atoms with Crippen molar-refractivity contribution < 1.29 is 14.3 Å². The number of carbonyl (C=O) groups is 1. The van der Waals surface area contributed by atoms with Gasteiger partial charge in [0.15, 0.2) is 11.5 Å². The summed E-state index contributed by atoms with van der Waals surface area (Å²) in [6.45, 7) is 5.27. The maximum absolute atomic E-state index is 13.1. The molecule has 0 saturated carbocycles. The van der Waals surface area contributed by atoms with Crippen LogP contribution >= 0.6 is 22.9 Å². The normalized spacial score (nSPS) is 14.5. The van der Waals surface area contributed by atoms with E-state index >= 15 is 0 Å². The first kappa shape index (κ1) is 24.1. The van der Waals surface area contributed by atoms with Crippen LogP contribution in [0, 0.1) is 0 Å². The van der Waals surface area contributed by atoms with Crippen LogP contribution in [0.1, 0.15) is 17.4 Å². The summed E-state index contributed by atoms with van der Waals surface area (Å²) in [6.07, 6.45) is 4.85. The van der Waals surface area contributed by atoms with Crippen LogP contribution in [0.3, 0.4) is 0 Å². The molecule has 1 aromatic carbocycles. The van der Waals surface area contributed by atoms with E-state index in [1.807, 2.05) is 37.3 Å². The second kappa shape index (κ2) is 11.4. The van der Waals surface area contributed by atoms with Crippen molar-refractivity contribution in [3.8, 4) is 17.0 Å². The predicted molar refractivity (Wildman–Crippen MR) is 139 cm³/mol. The Hall–Kier alpha value is -3.03. The molecule has 3 aromatic rings. The maximum atomic E-state index is 13.1. The summed E-state index contributed by atoms with van der Waals surface area (Å²) in [7, 11) is 0. The van der Waals surface area contributed by atoms with Gasteiger partial charge in [-0.2, -0.15) is 0 Å². The number of nitrogen functional groups attached to an aromatic ring is 1. The molecule has 10 nitrogen and oxygen atoms in total. The number of benzene rings is 1. The van der Waals surface area contributed by atoms with Crippen LogP contribution < -0.4 is 24.2 Å². The molecule has 1 atom stereocenters. The molecule has 0 spiro atoms. The van der Waals surface area contributed by atoms with Crippen molar-refractivity contribution in [1.29, 1.82) is 0 Å². The third-order valence-corrected chi connectivity index (χ3v) is 6.29. The lowest BCUT2D eigenvalue weighted by atomic mass is 10.1. The Kier molecular flexibility index (Phi) is 8.08. The molecule has 34 heavy (non-hydrogen) atoms. The van der Waals surface area contributed by atoms with Crippen molar-refractivity contribution in [2.24, 2.45) is 0 Å². The van der Waals surface area contributed by atoms with Gasteiger partial charge in [-0.05, 0) is 25.1 Å². The van der Waals surface area contributed by atoms with E-state index in [1.165, 1.54) is 0 Å². The van der Waals surface area contributed by atoms with Gasteiger partial charge in [-0.15, -0.1) is 0 Å². The van der Waals surface area contributed by atoms with Gasteiger partial charge in [-0.25, -0.2) is 9.97 Å². The van der Waals surface area contributed by atoms with E-state index in [2.05, 4.69) is 51.6 Å². The number of ether oxygens (including phenoxy) is 2. The first-order chi connectivity index (χ1) is 16.5. The number of hydrogen-bond acceptors (Lipinski definition) is 9. The summed E-state index contributed by atoms with van der Waals surface area (Å²) in [5, 5.41) is 2.90. The zero-order valence-corrected chi connectivity index (χ0v) is 20.9. The zero-order valence-electron chi connectivity index (χ0n) is 18.7. The third-order valence-electron chi connectivity index (χ3n) is 5.23. The van der Waals surface area contributed by atoms with Gasteiger partial charge in [-0.3, -0.25) is 13.3 Å². The van der Waals surface area contributed by atoms with Crippen molar-refractivity contribution >= 4 is 46.0 Å². The van der Waals surface area contributed by atoms with Gasteiger partial charge in [0, 0.05) is 53.8 Å². The summed E-state index contributed by atoms with van der Waals surface area (Å²) in [4.78, 5) is 28.2. The highest BCUT2D eigenvalue weighted by atomic mass is 127. The number of anilines is 3. The third kappa shape index (κ3) is 5.90. The SMILES string of the molecule is CC(COc1cccc(-c2cnc(N)c(C(=O)Nc3cnccc3N3CCOCC3)n2)c1)NI. The largest absolute Gasteiger partial charge is 0.492 e. The number of pyridine rings is 1. The summed E-state index contributed by atoms with van der Waals surface area (Å²) in [6, 6.07) is 9.55. The second-order valence-corrected chi connectivity index (χ2v) is 8.41. The van der Waals surface area contributed by atoms with Gasteiger partial charge in [0.1, 0.15) is 12.4 Å². The van der Waals surface area contributed by atoms with Crippen LogP contribution in [0.25, 0.3) is 11.3 Å². The topological polar surface area (TPSA) is 128 Å². The van der Waals surface area contributed by atoms with E-state index in [-0.39, 0.29) is 17.6 Å². The number of halogens is 1. The number of morpholine rings is 1. The minimum absolute atomic E-state index is 0.0448. The molecule has 178 valence electrons. The van der Waals surface area contributed by atoms with Gasteiger partial charge in [0.2, 0.25) is 0 Å². The lowest BCUT2D eigenvalue weighted by Gasteiger charge is -2.30. The maximum Gasteiger partial charge on any atom is 0.278 e. The fraction of sp³-hybridized carbons (Fsp3) is 0.304. The Morgan fingerprint density at radius 1 is 1.29 bits per heavy atom. The molecule has 4 rings (SSSR count). The highest BCUT2D eigenvalue weighted by molar-refractivity contribution is 14.1. The Balaban J connectivity index is 1.55. The number of amides is 1. The number of hydrogen-bond donors (Lipinski definition) is 3. The highest BCUT2D eigenvalue weighted by Gasteiger charge is 2.20. The number of nitrogens with zero attached hydrogens (tertiary/aromatic N) is 4. The lowest BCUT2D eigenvalue weighted by Crippen LogP contribution is -2.36. The fourth-order valence-electron chi connectivity index (χ4n) is 3.45. The highest BCUT2D eigenvalue weighted by Crippen LogP contribution is 2.27. The van der Waals surface area contributed by atoms with Gasteiger partial charge in [-0.1, -0.05) is 12.1 Å². The molecule has 1 fully saturated rings. The number of carbonyl (C=O) groups excluding carboxylic acids is 1. The van der Waals surface area contributed by atoms with Crippen molar-refractivity contribution in [3.63, 3.8) is 0 Å². The van der Waals surface area contributed by atoms with E-state index in [9.17, 15) is 4.79 Å². The average molecular weight is 575 g/mol. The van der Waals surface area contributed by atoms with Crippen molar-refractivity contribution in [1.82, 2.24) is 18.5 Å². The molecule has 0 radical (unpaired) electrons. The Morgan fingerprint density at radius 2 is 2.12 bits per heavy atom. The molecule has 0 bridgehead atoms. The lowest BCUT2D eigenvalue weighted by molar-refractivity contribution is 0.102. The standard InChI is InChI=1S/C23H26IN7O3/c1-15(30-24)14-34-17-4-2-3-16(11-17)18-13-27-22(25)21(28-18)23(32)29-19-12-26-6-5-20(19)31-7-9-33-10-8-31/h2-6,11-13,15,30H,7-10,14H2,1H3,(H2,25,27)(H,29,32). The molecule has 1 amide bonds. The molecule has 1 unspecified atom stereocenters. The van der Waals surface area contributed by atoms with Crippen LogP contribution in [-0.4, -0.2) is 59.8 Å². The molecular weight excluding hydrogens is 549 g/mol. The fourth-order valence-corrected chi connectivity index (χ4v) is 3.63. The molecule has 0 aliphatic carbocycles. The zero-order chi connectivity index (χ0) is 23.9. The van der Waals surface area contributed by atoms with Crippen LogP contribution in [0.2, 0.25) is 0 Å². The monoisotopic (exact) mass is 575 g/mol. The predicted octanol–water partition coefficient (Wildman–Crippen LogP) is 2.92. The number of nitrogens with two attached hydrogens (primary N) is 1. The molecule has 1 aliphatic rings. The molecule has 2 aromatic heterocycles. The van der Waals surface area contributed by atoms with Crippen LogP contribution in [0.4, 0.5) is 17.2 Å². The minimum atomic E-state index is -0.455. The van der Waals surface area contributed by atoms with Crippen molar-refractivity contribution in [2.45, 2.75) is 13.0 Å². The molecule has 11 heteroatoms. The molecular formula is C23H26IN7O3. The Morgan fingerprint density at radius 3 is 2.91 bits per heavy atom. The van der Waals surface area contributed by atoms with Gasteiger partial charge in [0.05, 0.1) is 42.7 Å². The smallest absolute Gasteiger partial charge is 0.278 e. The molecule has 3 heterocycles. The van der Waals surface area contributed by atoms with Crippen molar-refractivity contribution in [3.05, 3.63) is 54.6 Å². The summed E-state index contributed by atoms with van der Waals surface area (Å²) < 4.78 is 14.4. The van der Waals surface area contributed by atoms with Gasteiger partial charge in [0.25, 0.3) is 5.91 Å². The minimum Gasteiger partial charge on any atom is -0.492 e. The summed E-state index contributed by atoms with van der Waals surface area (Å²) >= 11 is 2.10. The molecule has 1 saturated heterocycles. The first-order valence-corrected chi connectivity index (χ1v) is 11.9. The Bertz CT molecular complexity index is 1140. The number of aromatic nitrogens is 3. The second-order valence-electron chi connectivity index (χ2n) is 7.78. The van der Waals surface area contributed by atoms with Crippen LogP contribution in [0.5, 0.6) is 5.75 Å². The number of rotatable bonds is 8.